The highest BCUT2D eigenvalue weighted by atomic mass is 16.2. The fourth-order valence-corrected chi connectivity index (χ4v) is 1.61. The first-order valence-electron chi connectivity index (χ1n) is 6.13. The van der Waals surface area contributed by atoms with Crippen molar-refractivity contribution < 1.29 is 4.79 Å². The van der Waals surface area contributed by atoms with Crippen LogP contribution in [0.5, 0.6) is 0 Å². The van der Waals surface area contributed by atoms with E-state index in [2.05, 4.69) is 0 Å². The Balaban J connectivity index is 2.90. The van der Waals surface area contributed by atoms with Crippen LogP contribution < -0.4 is 0 Å². The molecule has 1 aromatic carbocycles. The van der Waals surface area contributed by atoms with Gasteiger partial charge in [-0.25, -0.2) is 0 Å². The maximum Gasteiger partial charge on any atom is 0.250 e. The van der Waals surface area contributed by atoms with E-state index in [1.165, 1.54) is 0 Å². The van der Waals surface area contributed by atoms with E-state index in [1.807, 2.05) is 64.2 Å². The Bertz CT molecular complexity index is 449. The van der Waals surface area contributed by atoms with Gasteiger partial charge in [0.15, 0.2) is 0 Å². The Labute approximate surface area is 110 Å². The second kappa shape index (κ2) is 6.80. The Morgan fingerprint density at radius 3 is 2.17 bits per heavy atom. The van der Waals surface area contributed by atoms with Crippen molar-refractivity contribution in [3.05, 3.63) is 59.3 Å². The first kappa shape index (κ1) is 14.2. The summed E-state index contributed by atoms with van der Waals surface area (Å²) in [6.07, 6.45) is 3.57. The molecule has 0 aliphatic carbocycles. The van der Waals surface area contributed by atoms with E-state index in [4.69, 9.17) is 0 Å². The van der Waals surface area contributed by atoms with E-state index in [1.54, 1.807) is 11.0 Å². The quantitative estimate of drug-likeness (QED) is 0.734. The summed E-state index contributed by atoms with van der Waals surface area (Å²) in [6.45, 7) is 8.46. The van der Waals surface area contributed by atoms with Crippen LogP contribution in [0, 0.1) is 0 Å². The lowest BCUT2D eigenvalue weighted by Crippen LogP contribution is -2.24. The number of hydrogen-bond acceptors (Lipinski definition) is 1. The molecule has 0 saturated heterocycles. The highest BCUT2D eigenvalue weighted by Gasteiger charge is 2.08. The maximum atomic E-state index is 12.1. The van der Waals surface area contributed by atoms with Crippen LogP contribution in [-0.4, -0.2) is 10.8 Å². The highest BCUT2D eigenvalue weighted by molar-refractivity contribution is 5.88. The largest absolute Gasteiger partial charge is 0.311 e. The number of carbonyl (C=O) groups is 1. The SMILES string of the molecule is CC(C)=CC(=O)N(C=C(C)C)Cc1ccccc1. The van der Waals surface area contributed by atoms with Gasteiger partial charge < -0.3 is 4.90 Å². The molecule has 0 saturated carbocycles. The van der Waals surface area contributed by atoms with Gasteiger partial charge in [-0.3, -0.25) is 4.79 Å². The van der Waals surface area contributed by atoms with Crippen LogP contribution in [-0.2, 0) is 11.3 Å². The second-order valence-corrected chi connectivity index (χ2v) is 4.88. The third-order valence-corrected chi connectivity index (χ3v) is 2.31. The number of nitrogens with zero attached hydrogens (tertiary/aromatic N) is 1. The summed E-state index contributed by atoms with van der Waals surface area (Å²) in [6, 6.07) is 10.0. The molecule has 0 fully saturated rings. The van der Waals surface area contributed by atoms with Crippen molar-refractivity contribution in [2.45, 2.75) is 34.2 Å². The molecule has 0 N–H and O–H groups in total. The molecule has 0 bridgehead atoms. The number of benzene rings is 1. The van der Waals surface area contributed by atoms with Crippen LogP contribution in [0.25, 0.3) is 0 Å². The van der Waals surface area contributed by atoms with Crippen LogP contribution in [0.15, 0.2) is 53.8 Å². The molecule has 2 heteroatoms. The highest BCUT2D eigenvalue weighted by Crippen LogP contribution is 2.08. The average molecular weight is 243 g/mol. The molecule has 18 heavy (non-hydrogen) atoms. The molecule has 0 spiro atoms. The van der Waals surface area contributed by atoms with Gasteiger partial charge in [0.05, 0.1) is 6.54 Å². The van der Waals surface area contributed by atoms with Gasteiger partial charge in [-0.2, -0.15) is 0 Å². The van der Waals surface area contributed by atoms with Crippen molar-refractivity contribution in [1.82, 2.24) is 4.90 Å². The zero-order chi connectivity index (χ0) is 13.5. The third-order valence-electron chi connectivity index (χ3n) is 2.31. The van der Waals surface area contributed by atoms with E-state index in [0.29, 0.717) is 6.54 Å². The standard InChI is InChI=1S/C16H21NO/c1-13(2)10-16(18)17(11-14(3)4)12-15-8-6-5-7-9-15/h5-11H,12H2,1-4H3. The fraction of sp³-hybridized carbons (Fsp3) is 0.312. The molecular formula is C16H21NO. The molecular weight excluding hydrogens is 222 g/mol. The van der Waals surface area contributed by atoms with Gasteiger partial charge in [0.2, 0.25) is 0 Å². The van der Waals surface area contributed by atoms with Crippen LogP contribution in [0.3, 0.4) is 0 Å². The number of carbonyl (C=O) groups excluding carboxylic acids is 1. The first-order valence-corrected chi connectivity index (χ1v) is 6.13. The summed E-state index contributed by atoms with van der Waals surface area (Å²) in [4.78, 5) is 13.8. The topological polar surface area (TPSA) is 20.3 Å². The molecule has 0 aliphatic heterocycles. The first-order chi connectivity index (χ1) is 8.49. The Morgan fingerprint density at radius 1 is 1.06 bits per heavy atom. The van der Waals surface area contributed by atoms with Crippen molar-refractivity contribution in [2.75, 3.05) is 0 Å². The smallest absolute Gasteiger partial charge is 0.250 e. The van der Waals surface area contributed by atoms with Crippen LogP contribution >= 0.6 is 0 Å². The van der Waals surface area contributed by atoms with Gasteiger partial charge in [0.1, 0.15) is 0 Å². The van der Waals surface area contributed by atoms with Crippen LogP contribution in [0.2, 0.25) is 0 Å². The van der Waals surface area contributed by atoms with Crippen molar-refractivity contribution >= 4 is 5.91 Å². The lowest BCUT2D eigenvalue weighted by molar-refractivity contribution is -0.124. The molecule has 1 amide bonds. The van der Waals surface area contributed by atoms with E-state index in [0.717, 1.165) is 16.7 Å². The predicted octanol–water partition coefficient (Wildman–Crippen LogP) is 3.91. The zero-order valence-corrected chi connectivity index (χ0v) is 11.6. The lowest BCUT2D eigenvalue weighted by atomic mass is 10.2. The monoisotopic (exact) mass is 243 g/mol. The van der Waals surface area contributed by atoms with Gasteiger partial charge in [0, 0.05) is 12.3 Å². The van der Waals surface area contributed by atoms with E-state index in [9.17, 15) is 4.79 Å². The molecule has 0 heterocycles. The number of hydrogen-bond donors (Lipinski definition) is 0. The van der Waals surface area contributed by atoms with E-state index >= 15 is 0 Å². The minimum absolute atomic E-state index is 0.0278. The summed E-state index contributed by atoms with van der Waals surface area (Å²) in [7, 11) is 0. The predicted molar refractivity (Wildman–Crippen MR) is 75.9 cm³/mol. The molecule has 0 unspecified atom stereocenters. The van der Waals surface area contributed by atoms with Gasteiger partial charge >= 0.3 is 0 Å². The summed E-state index contributed by atoms with van der Waals surface area (Å²) >= 11 is 0. The van der Waals surface area contributed by atoms with Gasteiger partial charge in [-0.05, 0) is 33.3 Å². The Morgan fingerprint density at radius 2 is 1.67 bits per heavy atom. The third kappa shape index (κ3) is 5.00. The molecule has 2 nitrogen and oxygen atoms in total. The second-order valence-electron chi connectivity index (χ2n) is 4.88. The van der Waals surface area contributed by atoms with Gasteiger partial charge in [0.25, 0.3) is 5.91 Å². The van der Waals surface area contributed by atoms with E-state index in [-0.39, 0.29) is 5.91 Å². The molecule has 1 rings (SSSR count). The van der Waals surface area contributed by atoms with Gasteiger partial charge in [-0.15, -0.1) is 0 Å². The molecule has 0 atom stereocenters. The molecule has 1 aromatic rings. The van der Waals surface area contributed by atoms with Crippen molar-refractivity contribution in [3.8, 4) is 0 Å². The lowest BCUT2D eigenvalue weighted by Gasteiger charge is -2.18. The molecule has 0 radical (unpaired) electrons. The zero-order valence-electron chi connectivity index (χ0n) is 11.6. The molecule has 96 valence electrons. The molecule has 0 aromatic heterocycles. The summed E-state index contributed by atoms with van der Waals surface area (Å²) in [5.41, 5.74) is 3.26. The van der Waals surface area contributed by atoms with Crippen LogP contribution in [0.4, 0.5) is 0 Å². The Kier molecular flexibility index (Phi) is 5.37. The van der Waals surface area contributed by atoms with Crippen molar-refractivity contribution in [1.29, 1.82) is 0 Å². The van der Waals surface area contributed by atoms with E-state index < -0.39 is 0 Å². The summed E-state index contributed by atoms with van der Waals surface area (Å²) in [5, 5.41) is 0. The number of rotatable bonds is 4. The Hall–Kier alpha value is -1.83. The van der Waals surface area contributed by atoms with Gasteiger partial charge in [-0.1, -0.05) is 41.5 Å². The van der Waals surface area contributed by atoms with Crippen molar-refractivity contribution in [3.63, 3.8) is 0 Å². The summed E-state index contributed by atoms with van der Waals surface area (Å²) < 4.78 is 0. The fourth-order valence-electron chi connectivity index (χ4n) is 1.61. The minimum Gasteiger partial charge on any atom is -0.311 e. The summed E-state index contributed by atoms with van der Waals surface area (Å²) in [5.74, 6) is 0.0278. The normalized spacial score (nSPS) is 9.56. The van der Waals surface area contributed by atoms with Crippen LogP contribution in [0.1, 0.15) is 33.3 Å². The maximum absolute atomic E-state index is 12.1. The number of amides is 1. The molecule has 0 aliphatic rings. The minimum atomic E-state index is 0.0278. The average Bonchev–Trinajstić information content (AvgIpc) is 2.28. The van der Waals surface area contributed by atoms with Crippen molar-refractivity contribution in [2.24, 2.45) is 0 Å². The number of allylic oxidation sites excluding steroid dienone is 2.